The van der Waals surface area contributed by atoms with Crippen LogP contribution in [-0.2, 0) is 6.42 Å². The number of aliphatic hydroxyl groups excluding tert-OH is 1. The van der Waals surface area contributed by atoms with E-state index in [1.54, 1.807) is 12.1 Å². The minimum Gasteiger partial charge on any atom is -0.387 e. The van der Waals surface area contributed by atoms with Crippen LogP contribution in [0.1, 0.15) is 67.6 Å². The highest BCUT2D eigenvalue weighted by atomic mass is 35.5. The smallest absolute Gasteiger partial charge is 0.256 e. The Balaban J connectivity index is 1.45. The first-order valence-corrected chi connectivity index (χ1v) is 12.3. The van der Waals surface area contributed by atoms with E-state index in [0.717, 1.165) is 46.9 Å². The van der Waals surface area contributed by atoms with E-state index < -0.39 is 6.10 Å². The lowest BCUT2D eigenvalue weighted by Gasteiger charge is -2.39. The quantitative estimate of drug-likeness (QED) is 0.431. The summed E-state index contributed by atoms with van der Waals surface area (Å²) in [6.45, 7) is 6.85. The van der Waals surface area contributed by atoms with E-state index in [4.69, 9.17) is 11.6 Å². The number of aromatic nitrogens is 1. The van der Waals surface area contributed by atoms with Crippen molar-refractivity contribution in [2.45, 2.75) is 70.7 Å². The van der Waals surface area contributed by atoms with Crippen LogP contribution in [0.2, 0.25) is 5.02 Å². The van der Waals surface area contributed by atoms with Crippen molar-refractivity contribution in [1.29, 1.82) is 0 Å². The van der Waals surface area contributed by atoms with Crippen molar-refractivity contribution in [1.82, 2.24) is 15.2 Å². The van der Waals surface area contributed by atoms with Gasteiger partial charge in [-0.2, -0.15) is 0 Å². The molecule has 33 heavy (non-hydrogen) atoms. The van der Waals surface area contributed by atoms with Crippen molar-refractivity contribution in [3.05, 3.63) is 70.4 Å². The number of hydrogen-bond donors (Lipinski definition) is 3. The molecule has 0 bridgehead atoms. The maximum atomic E-state index is 13.5. The van der Waals surface area contributed by atoms with Crippen molar-refractivity contribution in [2.75, 3.05) is 6.54 Å². The second-order valence-corrected chi connectivity index (χ2v) is 9.90. The van der Waals surface area contributed by atoms with Gasteiger partial charge in [0.2, 0.25) is 0 Å². The van der Waals surface area contributed by atoms with Crippen LogP contribution in [0.5, 0.6) is 0 Å². The van der Waals surface area contributed by atoms with Gasteiger partial charge in [-0.3, -0.25) is 4.79 Å². The lowest BCUT2D eigenvalue weighted by Crippen LogP contribution is -2.47. The number of nitrogens with one attached hydrogen (secondary N) is 2. The number of nitrogens with zero attached hydrogens (tertiary/aromatic N) is 1. The van der Waals surface area contributed by atoms with Gasteiger partial charge in [0.05, 0.1) is 17.2 Å². The summed E-state index contributed by atoms with van der Waals surface area (Å²) >= 11 is 6.04. The van der Waals surface area contributed by atoms with Gasteiger partial charge in [-0.05, 0) is 75.8 Å². The summed E-state index contributed by atoms with van der Waals surface area (Å²) in [4.78, 5) is 18.9. The first kappa shape index (κ1) is 23.8. The third-order valence-corrected chi connectivity index (χ3v) is 7.11. The third-order valence-electron chi connectivity index (χ3n) is 6.88. The van der Waals surface area contributed by atoms with Crippen molar-refractivity contribution >= 4 is 28.4 Å². The van der Waals surface area contributed by atoms with Gasteiger partial charge < -0.3 is 20.3 Å². The molecule has 2 heterocycles. The number of hydrogen-bond acceptors (Lipinski definition) is 3. The number of likely N-dealkylation sites (tertiary alicyclic amines) is 1. The summed E-state index contributed by atoms with van der Waals surface area (Å²) in [5.74, 6) is 0.115. The molecule has 1 amide bonds. The average molecular weight is 468 g/mol. The second kappa shape index (κ2) is 10.3. The minimum absolute atomic E-state index is 0.115. The number of amides is 1. The van der Waals surface area contributed by atoms with Crippen LogP contribution in [0, 0.1) is 0 Å². The molecule has 6 heteroatoms. The number of para-hydroxylation sites is 1. The van der Waals surface area contributed by atoms with Crippen molar-refractivity contribution in [2.24, 2.45) is 0 Å². The summed E-state index contributed by atoms with van der Waals surface area (Å²) in [5.41, 5.74) is 3.63. The number of rotatable bonds is 7. The zero-order valence-corrected chi connectivity index (χ0v) is 20.4. The molecule has 2 aromatic carbocycles. The van der Waals surface area contributed by atoms with Crippen LogP contribution < -0.4 is 5.32 Å². The Morgan fingerprint density at radius 1 is 1.21 bits per heavy atom. The summed E-state index contributed by atoms with van der Waals surface area (Å²) in [5, 5.41) is 15.6. The highest BCUT2D eigenvalue weighted by Crippen LogP contribution is 2.29. The monoisotopic (exact) mass is 467 g/mol. The fourth-order valence-electron chi connectivity index (χ4n) is 5.07. The number of aliphatic hydroxyl groups is 1. The molecular weight excluding hydrogens is 434 g/mol. The lowest BCUT2D eigenvalue weighted by molar-refractivity contribution is 0.0512. The van der Waals surface area contributed by atoms with Gasteiger partial charge in [0.25, 0.3) is 5.91 Å². The van der Waals surface area contributed by atoms with Crippen LogP contribution in [0.4, 0.5) is 0 Å². The molecule has 5 nitrogen and oxygen atoms in total. The molecule has 1 fully saturated rings. The predicted molar refractivity (Wildman–Crippen MR) is 135 cm³/mol. The van der Waals surface area contributed by atoms with Crippen molar-refractivity contribution < 1.29 is 9.90 Å². The Morgan fingerprint density at radius 3 is 2.67 bits per heavy atom. The molecule has 1 aliphatic rings. The number of halogens is 1. The molecular formula is C27H34ClN3O2. The first-order valence-electron chi connectivity index (χ1n) is 11.9. The fraction of sp³-hybridized carbons (Fsp3) is 0.444. The number of carbonyl (C=O) groups is 1. The Labute approximate surface area is 201 Å². The van der Waals surface area contributed by atoms with E-state index in [9.17, 15) is 9.90 Å². The largest absolute Gasteiger partial charge is 0.387 e. The van der Waals surface area contributed by atoms with E-state index >= 15 is 0 Å². The Morgan fingerprint density at radius 2 is 1.94 bits per heavy atom. The molecule has 3 N–H and O–H groups in total. The maximum Gasteiger partial charge on any atom is 0.256 e. The van der Waals surface area contributed by atoms with Crippen LogP contribution in [0.3, 0.4) is 0 Å². The van der Waals surface area contributed by atoms with Gasteiger partial charge >= 0.3 is 0 Å². The molecule has 0 spiro atoms. The number of H-pyrrole nitrogens is 1. The summed E-state index contributed by atoms with van der Waals surface area (Å²) < 4.78 is 0. The first-order chi connectivity index (χ1) is 15.8. The van der Waals surface area contributed by atoms with Gasteiger partial charge in [-0.25, -0.2) is 0 Å². The molecule has 1 aromatic heterocycles. The summed E-state index contributed by atoms with van der Waals surface area (Å²) in [7, 11) is 0. The highest BCUT2D eigenvalue weighted by Gasteiger charge is 2.30. The number of piperidine rings is 1. The summed E-state index contributed by atoms with van der Waals surface area (Å²) in [6, 6.07) is 14.0. The molecule has 0 radical (unpaired) electrons. The molecule has 1 saturated heterocycles. The van der Waals surface area contributed by atoms with Crippen molar-refractivity contribution in [3.63, 3.8) is 0 Å². The second-order valence-electron chi connectivity index (χ2n) is 9.47. The van der Waals surface area contributed by atoms with Crippen molar-refractivity contribution in [3.8, 4) is 0 Å². The summed E-state index contributed by atoms with van der Waals surface area (Å²) in [6.07, 6.45) is 5.48. The van der Waals surface area contributed by atoms with E-state index in [-0.39, 0.29) is 24.0 Å². The Kier molecular flexibility index (Phi) is 7.42. The van der Waals surface area contributed by atoms with Gasteiger partial charge in [0.15, 0.2) is 0 Å². The zero-order chi connectivity index (χ0) is 23.5. The molecule has 4 atom stereocenters. The normalized spacial score (nSPS) is 20.7. The highest BCUT2D eigenvalue weighted by molar-refractivity contribution is 6.30. The molecule has 4 rings (SSSR count). The molecule has 2 unspecified atom stereocenters. The lowest BCUT2D eigenvalue weighted by atomic mass is 9.95. The van der Waals surface area contributed by atoms with E-state index in [0.29, 0.717) is 11.6 Å². The van der Waals surface area contributed by atoms with Gasteiger partial charge in [0, 0.05) is 41.3 Å². The number of fused-ring (bicyclic) bond motifs is 1. The number of carbonyl (C=O) groups excluding carboxylic acids is 1. The number of benzene rings is 2. The molecule has 0 saturated carbocycles. The van der Waals surface area contributed by atoms with Crippen LogP contribution >= 0.6 is 11.6 Å². The van der Waals surface area contributed by atoms with Gasteiger partial charge in [-0.1, -0.05) is 35.9 Å². The number of aromatic amines is 1. The SMILES string of the molecule is CC1CCCC(C)N1C(=O)c1cccc2c(C[C@@H](C)NC[C@H](O)c3cccc(Cl)c3)c[nH]c12. The topological polar surface area (TPSA) is 68.4 Å². The third kappa shape index (κ3) is 5.26. The van der Waals surface area contributed by atoms with E-state index in [1.807, 2.05) is 30.5 Å². The van der Waals surface area contributed by atoms with Crippen LogP contribution in [0.25, 0.3) is 10.9 Å². The molecule has 176 valence electrons. The Hall–Kier alpha value is -2.34. The fourth-order valence-corrected chi connectivity index (χ4v) is 5.27. The average Bonchev–Trinajstić information content (AvgIpc) is 3.20. The predicted octanol–water partition coefficient (Wildman–Crippen LogP) is 5.48. The molecule has 3 aromatic rings. The van der Waals surface area contributed by atoms with E-state index in [1.165, 1.54) is 6.42 Å². The van der Waals surface area contributed by atoms with Crippen LogP contribution in [-0.4, -0.2) is 45.6 Å². The molecule has 0 aliphatic carbocycles. The maximum absolute atomic E-state index is 13.5. The van der Waals surface area contributed by atoms with E-state index in [2.05, 4.69) is 42.0 Å². The van der Waals surface area contributed by atoms with Gasteiger partial charge in [-0.15, -0.1) is 0 Å². The Bertz CT molecular complexity index is 1100. The van der Waals surface area contributed by atoms with Crippen LogP contribution in [0.15, 0.2) is 48.7 Å². The standard InChI is InChI=1S/C27H34ClN3O2/c1-17(29-16-25(32)20-9-5-10-22(28)14-20)13-21-15-30-26-23(21)11-6-12-24(26)27(33)31-18(2)7-4-8-19(31)3/h5-6,9-12,14-15,17-19,25,29-30,32H,4,7-8,13,16H2,1-3H3/t17-,18?,19?,25+/m1/s1. The van der Waals surface area contributed by atoms with Gasteiger partial charge in [0.1, 0.15) is 0 Å². The molecule has 1 aliphatic heterocycles. The zero-order valence-electron chi connectivity index (χ0n) is 19.6. The minimum atomic E-state index is -0.619.